The molecule has 0 unspecified atom stereocenters. The Kier molecular flexibility index (Phi) is 7.42. The maximum atomic E-state index is 12.7. The van der Waals surface area contributed by atoms with Crippen LogP contribution in [0.25, 0.3) is 10.2 Å². The van der Waals surface area contributed by atoms with Gasteiger partial charge in [0.05, 0.1) is 30.0 Å². The molecule has 0 aliphatic heterocycles. The zero-order valence-corrected chi connectivity index (χ0v) is 17.3. The Morgan fingerprint density at radius 3 is 2.93 bits per heavy atom. The minimum Gasteiger partial charge on any atom is -0.383 e. The molecule has 1 amide bonds. The highest BCUT2D eigenvalue weighted by Gasteiger charge is 2.21. The number of nitrogens with one attached hydrogen (secondary N) is 1. The number of H-pyrrole nitrogens is 1. The van der Waals surface area contributed by atoms with Crippen molar-refractivity contribution in [2.75, 3.05) is 32.6 Å². The molecular formula is C18H23F2N3O3S2. The first kappa shape index (κ1) is 21.2. The summed E-state index contributed by atoms with van der Waals surface area (Å²) < 4.78 is 30.2. The zero-order valence-electron chi connectivity index (χ0n) is 15.6. The fourth-order valence-electron chi connectivity index (χ4n) is 3.29. The van der Waals surface area contributed by atoms with E-state index in [1.54, 1.807) is 11.3 Å². The van der Waals surface area contributed by atoms with E-state index in [9.17, 15) is 18.4 Å². The zero-order chi connectivity index (χ0) is 20.1. The predicted molar refractivity (Wildman–Crippen MR) is 108 cm³/mol. The van der Waals surface area contributed by atoms with Crippen LogP contribution in [-0.2, 0) is 28.1 Å². The van der Waals surface area contributed by atoms with Gasteiger partial charge in [-0.2, -0.15) is 0 Å². The second-order valence-corrected chi connectivity index (χ2v) is 8.69. The molecule has 1 aliphatic rings. The van der Waals surface area contributed by atoms with Crippen molar-refractivity contribution in [3.05, 3.63) is 26.6 Å². The summed E-state index contributed by atoms with van der Waals surface area (Å²) in [7, 11) is 1.46. The Bertz CT molecular complexity index is 885. The first-order valence-electron chi connectivity index (χ1n) is 9.15. The molecule has 1 aliphatic carbocycles. The number of hydrogen-bond acceptors (Lipinski definition) is 6. The van der Waals surface area contributed by atoms with E-state index in [0.29, 0.717) is 17.0 Å². The highest BCUT2D eigenvalue weighted by molar-refractivity contribution is 7.99. The van der Waals surface area contributed by atoms with Crippen LogP contribution in [0.1, 0.15) is 29.1 Å². The molecule has 2 heterocycles. The third-order valence-electron chi connectivity index (χ3n) is 4.61. The number of rotatable bonds is 9. The molecule has 0 atom stereocenters. The van der Waals surface area contributed by atoms with E-state index >= 15 is 0 Å². The Morgan fingerprint density at radius 1 is 1.39 bits per heavy atom. The summed E-state index contributed by atoms with van der Waals surface area (Å²) in [5, 5.41) is 0.701. The summed E-state index contributed by atoms with van der Waals surface area (Å²) in [5.41, 5.74) is 1.00. The highest BCUT2D eigenvalue weighted by Crippen LogP contribution is 2.33. The summed E-state index contributed by atoms with van der Waals surface area (Å²) in [6, 6.07) is 0. The molecule has 0 bridgehead atoms. The highest BCUT2D eigenvalue weighted by atomic mass is 32.2. The van der Waals surface area contributed by atoms with Crippen LogP contribution in [0.15, 0.2) is 4.79 Å². The molecular weight excluding hydrogens is 408 g/mol. The van der Waals surface area contributed by atoms with Gasteiger partial charge in [-0.05, 0) is 31.2 Å². The number of methoxy groups -OCH3 is 1. The van der Waals surface area contributed by atoms with Crippen molar-refractivity contribution in [1.29, 1.82) is 0 Å². The summed E-state index contributed by atoms with van der Waals surface area (Å²) in [6.07, 6.45) is 1.56. The van der Waals surface area contributed by atoms with Gasteiger partial charge in [-0.15, -0.1) is 23.1 Å². The second-order valence-electron chi connectivity index (χ2n) is 6.62. The minimum atomic E-state index is -2.59. The van der Waals surface area contributed by atoms with Gasteiger partial charge in [0.25, 0.3) is 12.0 Å². The van der Waals surface area contributed by atoms with E-state index < -0.39 is 13.0 Å². The first-order valence-corrected chi connectivity index (χ1v) is 11.1. The Morgan fingerprint density at radius 2 is 2.18 bits per heavy atom. The maximum Gasteiger partial charge on any atom is 0.259 e. The average molecular weight is 432 g/mol. The van der Waals surface area contributed by atoms with Crippen LogP contribution in [0, 0.1) is 0 Å². The standard InChI is InChI=1S/C18H23F2N3O3S2/c1-26-7-6-23(8-13(19)20)15(24)10-27-9-14-21-17(25)16-11-4-2-3-5-12(11)28-18(16)22-14/h13H,2-10H2,1H3,(H,21,22,25). The summed E-state index contributed by atoms with van der Waals surface area (Å²) in [5.74, 6) is 0.509. The number of ether oxygens (including phenoxy) is 1. The van der Waals surface area contributed by atoms with Crippen molar-refractivity contribution in [1.82, 2.24) is 14.9 Å². The van der Waals surface area contributed by atoms with Gasteiger partial charge in [-0.1, -0.05) is 0 Å². The number of thioether (sulfide) groups is 1. The first-order chi connectivity index (χ1) is 13.5. The lowest BCUT2D eigenvalue weighted by molar-refractivity contribution is -0.130. The van der Waals surface area contributed by atoms with Crippen LogP contribution in [0.5, 0.6) is 0 Å². The number of aryl methyl sites for hydroxylation is 2. The Balaban J connectivity index is 1.63. The average Bonchev–Trinajstić information content (AvgIpc) is 3.03. The molecule has 0 saturated carbocycles. The molecule has 0 spiro atoms. The van der Waals surface area contributed by atoms with Gasteiger partial charge in [-0.3, -0.25) is 9.59 Å². The van der Waals surface area contributed by atoms with Gasteiger partial charge < -0.3 is 14.6 Å². The topological polar surface area (TPSA) is 75.3 Å². The number of thiophene rings is 1. The summed E-state index contributed by atoms with van der Waals surface area (Å²) in [6.45, 7) is -0.274. The van der Waals surface area contributed by atoms with Crippen LogP contribution < -0.4 is 5.56 Å². The van der Waals surface area contributed by atoms with Crippen molar-refractivity contribution < 1.29 is 18.3 Å². The number of aromatic amines is 1. The largest absolute Gasteiger partial charge is 0.383 e. The van der Waals surface area contributed by atoms with Crippen LogP contribution >= 0.6 is 23.1 Å². The third kappa shape index (κ3) is 5.09. The van der Waals surface area contributed by atoms with Crippen molar-refractivity contribution in [2.45, 2.75) is 37.9 Å². The molecule has 28 heavy (non-hydrogen) atoms. The van der Waals surface area contributed by atoms with Gasteiger partial charge in [0.2, 0.25) is 5.91 Å². The van der Waals surface area contributed by atoms with Crippen molar-refractivity contribution in [2.24, 2.45) is 0 Å². The van der Waals surface area contributed by atoms with E-state index in [2.05, 4.69) is 9.97 Å². The maximum absolute atomic E-state index is 12.7. The second kappa shape index (κ2) is 9.80. The number of amides is 1. The van der Waals surface area contributed by atoms with E-state index in [0.717, 1.165) is 41.0 Å². The Hall–Kier alpha value is -1.52. The molecule has 0 saturated heterocycles. The number of hydrogen-bond donors (Lipinski definition) is 1. The molecule has 10 heteroatoms. The monoisotopic (exact) mass is 431 g/mol. The molecule has 6 nitrogen and oxygen atoms in total. The van der Waals surface area contributed by atoms with Gasteiger partial charge in [0.1, 0.15) is 10.7 Å². The Labute approximate surface area is 169 Å². The van der Waals surface area contributed by atoms with Gasteiger partial charge in [0, 0.05) is 18.5 Å². The number of carbonyl (C=O) groups excluding carboxylic acids is 1. The lowest BCUT2D eigenvalue weighted by atomic mass is 9.97. The van der Waals surface area contributed by atoms with Crippen molar-refractivity contribution >= 4 is 39.2 Å². The van der Waals surface area contributed by atoms with Gasteiger partial charge in [0.15, 0.2) is 0 Å². The summed E-state index contributed by atoms with van der Waals surface area (Å²) in [4.78, 5) is 35.2. The molecule has 2 aromatic rings. The van der Waals surface area contributed by atoms with E-state index in [-0.39, 0.29) is 30.4 Å². The number of alkyl halides is 2. The van der Waals surface area contributed by atoms with Crippen molar-refractivity contribution in [3.63, 3.8) is 0 Å². The lowest BCUT2D eigenvalue weighted by Gasteiger charge is -2.21. The predicted octanol–water partition coefficient (Wildman–Crippen LogP) is 2.84. The normalized spacial score (nSPS) is 13.9. The number of aromatic nitrogens is 2. The molecule has 1 N–H and O–H groups in total. The molecule has 2 aromatic heterocycles. The van der Waals surface area contributed by atoms with Crippen LogP contribution in [0.2, 0.25) is 0 Å². The van der Waals surface area contributed by atoms with Crippen LogP contribution in [0.4, 0.5) is 8.78 Å². The van der Waals surface area contributed by atoms with E-state index in [1.165, 1.54) is 23.7 Å². The lowest BCUT2D eigenvalue weighted by Crippen LogP contribution is -2.38. The SMILES string of the molecule is COCCN(CC(F)F)C(=O)CSCc1nc2sc3c(c2c(=O)[nH]1)CCCC3. The number of carbonyl (C=O) groups is 1. The van der Waals surface area contributed by atoms with Crippen LogP contribution in [0.3, 0.4) is 0 Å². The quantitative estimate of drug-likeness (QED) is 0.661. The molecule has 0 radical (unpaired) electrons. The molecule has 3 rings (SSSR count). The van der Waals surface area contributed by atoms with Gasteiger partial charge >= 0.3 is 0 Å². The number of halogens is 2. The third-order valence-corrected chi connectivity index (χ3v) is 6.73. The number of fused-ring (bicyclic) bond motifs is 3. The molecule has 0 fully saturated rings. The molecule has 0 aromatic carbocycles. The van der Waals surface area contributed by atoms with E-state index in [4.69, 9.17) is 4.74 Å². The van der Waals surface area contributed by atoms with Gasteiger partial charge in [-0.25, -0.2) is 13.8 Å². The van der Waals surface area contributed by atoms with Crippen molar-refractivity contribution in [3.8, 4) is 0 Å². The minimum absolute atomic E-state index is 0.0408. The fraction of sp³-hybridized carbons (Fsp3) is 0.611. The summed E-state index contributed by atoms with van der Waals surface area (Å²) >= 11 is 2.83. The fourth-order valence-corrected chi connectivity index (χ4v) is 5.36. The number of nitrogens with zero attached hydrogens (tertiary/aromatic N) is 2. The smallest absolute Gasteiger partial charge is 0.259 e. The molecule has 154 valence electrons. The van der Waals surface area contributed by atoms with E-state index in [1.807, 2.05) is 0 Å². The van der Waals surface area contributed by atoms with Crippen LogP contribution in [-0.4, -0.2) is 59.8 Å².